The zero-order valence-electron chi connectivity index (χ0n) is 9.93. The van der Waals surface area contributed by atoms with Gasteiger partial charge in [0.1, 0.15) is 23.5 Å². The number of rotatable bonds is 1. The normalized spacial score (nSPS) is 25.2. The number of fused-ring (bicyclic) bond motifs is 2. The predicted molar refractivity (Wildman–Crippen MR) is 63.9 cm³/mol. The van der Waals surface area contributed by atoms with Gasteiger partial charge in [0.05, 0.1) is 7.11 Å². The third-order valence-electron chi connectivity index (χ3n) is 3.54. The second-order valence-corrected chi connectivity index (χ2v) is 4.57. The summed E-state index contributed by atoms with van der Waals surface area (Å²) in [5, 5.41) is 0. The topological polar surface area (TPSA) is 52.6 Å². The molecule has 1 atom stereocenters. The number of methoxy groups -OCH3 is 1. The van der Waals surface area contributed by atoms with Gasteiger partial charge in [-0.05, 0) is 30.4 Å². The summed E-state index contributed by atoms with van der Waals surface area (Å²) in [6, 6.07) is 5.34. The molecular weight excluding hydrogens is 232 g/mol. The van der Waals surface area contributed by atoms with Crippen LogP contribution < -0.4 is 9.47 Å². The van der Waals surface area contributed by atoms with Crippen molar-refractivity contribution in [1.29, 1.82) is 0 Å². The van der Waals surface area contributed by atoms with Crippen molar-refractivity contribution in [3.8, 4) is 11.5 Å². The van der Waals surface area contributed by atoms with Crippen LogP contribution in [0.3, 0.4) is 0 Å². The first-order valence-electron chi connectivity index (χ1n) is 5.72. The molecule has 1 aliphatic carbocycles. The fourth-order valence-electron chi connectivity index (χ4n) is 2.54. The first-order chi connectivity index (χ1) is 8.65. The van der Waals surface area contributed by atoms with Crippen molar-refractivity contribution >= 4 is 11.6 Å². The lowest BCUT2D eigenvalue weighted by atomic mass is 9.72. The molecule has 0 aromatic heterocycles. The van der Waals surface area contributed by atoms with Gasteiger partial charge in [0.2, 0.25) is 0 Å². The van der Waals surface area contributed by atoms with Gasteiger partial charge >= 0.3 is 0 Å². The third-order valence-corrected chi connectivity index (χ3v) is 3.54. The van der Waals surface area contributed by atoms with Gasteiger partial charge < -0.3 is 9.47 Å². The maximum atomic E-state index is 12.2. The lowest BCUT2D eigenvalue weighted by Gasteiger charge is -2.26. The van der Waals surface area contributed by atoms with Crippen molar-refractivity contribution in [1.82, 2.24) is 0 Å². The Kier molecular flexibility index (Phi) is 2.26. The third kappa shape index (κ3) is 1.38. The SMILES string of the molecule is COc1ccc2c(c1)C1(CO2)CC(=O)C=CC1=O. The molecule has 18 heavy (non-hydrogen) atoms. The van der Waals surface area contributed by atoms with E-state index in [1.54, 1.807) is 25.3 Å². The van der Waals surface area contributed by atoms with Crippen LogP contribution in [0.1, 0.15) is 12.0 Å². The van der Waals surface area contributed by atoms with Crippen LogP contribution >= 0.6 is 0 Å². The van der Waals surface area contributed by atoms with E-state index in [0.29, 0.717) is 11.5 Å². The van der Waals surface area contributed by atoms with E-state index < -0.39 is 5.41 Å². The predicted octanol–water partition coefficient (Wildman–Crippen LogP) is 1.42. The standard InChI is InChI=1S/C14H12O4/c1-17-10-3-4-12-11(6-10)14(8-18-12)7-9(15)2-5-13(14)16/h2-6H,7-8H2,1H3. The Labute approximate surface area is 104 Å². The Morgan fingerprint density at radius 2 is 2.11 bits per heavy atom. The number of hydrogen-bond acceptors (Lipinski definition) is 4. The van der Waals surface area contributed by atoms with E-state index in [-0.39, 0.29) is 24.6 Å². The molecule has 0 N–H and O–H groups in total. The summed E-state index contributed by atoms with van der Waals surface area (Å²) >= 11 is 0. The van der Waals surface area contributed by atoms with Crippen LogP contribution in [0.25, 0.3) is 0 Å². The molecule has 4 nitrogen and oxygen atoms in total. The highest BCUT2D eigenvalue weighted by Gasteiger charge is 2.48. The van der Waals surface area contributed by atoms with E-state index >= 15 is 0 Å². The number of allylic oxidation sites excluding steroid dienone is 2. The number of ketones is 2. The molecular formula is C14H12O4. The summed E-state index contributed by atoms with van der Waals surface area (Å²) in [6.07, 6.45) is 2.86. The van der Waals surface area contributed by atoms with Crippen LogP contribution in [-0.2, 0) is 15.0 Å². The number of carbonyl (C=O) groups excluding carboxylic acids is 2. The van der Waals surface area contributed by atoms with Crippen LogP contribution in [0.5, 0.6) is 11.5 Å². The van der Waals surface area contributed by atoms with Crippen molar-refractivity contribution in [2.75, 3.05) is 13.7 Å². The van der Waals surface area contributed by atoms with E-state index in [1.807, 2.05) is 0 Å². The Balaban J connectivity index is 2.15. The lowest BCUT2D eigenvalue weighted by molar-refractivity contribution is -0.126. The number of ether oxygens (including phenoxy) is 2. The number of hydrogen-bond donors (Lipinski definition) is 0. The second kappa shape index (κ2) is 3.70. The summed E-state index contributed by atoms with van der Waals surface area (Å²) in [5.41, 5.74) is -0.0973. The zero-order chi connectivity index (χ0) is 12.8. The van der Waals surface area contributed by atoms with Crippen molar-refractivity contribution in [2.45, 2.75) is 11.8 Å². The van der Waals surface area contributed by atoms with Crippen LogP contribution in [-0.4, -0.2) is 25.3 Å². The molecule has 92 valence electrons. The quantitative estimate of drug-likeness (QED) is 0.749. The molecule has 3 rings (SSSR count). The monoisotopic (exact) mass is 244 g/mol. The number of carbonyl (C=O) groups is 2. The molecule has 1 unspecified atom stereocenters. The molecule has 0 amide bonds. The lowest BCUT2D eigenvalue weighted by Crippen LogP contribution is -2.40. The Morgan fingerprint density at radius 1 is 1.28 bits per heavy atom. The van der Waals surface area contributed by atoms with E-state index in [4.69, 9.17) is 9.47 Å². The average molecular weight is 244 g/mol. The van der Waals surface area contributed by atoms with Crippen molar-refractivity contribution < 1.29 is 19.1 Å². The van der Waals surface area contributed by atoms with Gasteiger partial charge in [0.15, 0.2) is 11.6 Å². The molecule has 2 aliphatic rings. The first kappa shape index (κ1) is 11.0. The fourth-order valence-corrected chi connectivity index (χ4v) is 2.54. The van der Waals surface area contributed by atoms with E-state index in [9.17, 15) is 9.59 Å². The molecule has 0 saturated carbocycles. The molecule has 1 aliphatic heterocycles. The van der Waals surface area contributed by atoms with Crippen molar-refractivity contribution in [2.24, 2.45) is 0 Å². The highest BCUT2D eigenvalue weighted by Crippen LogP contribution is 2.45. The molecule has 1 aromatic carbocycles. The van der Waals surface area contributed by atoms with Crippen LogP contribution in [0.4, 0.5) is 0 Å². The molecule has 0 bridgehead atoms. The summed E-state index contributed by atoms with van der Waals surface area (Å²) in [4.78, 5) is 23.8. The van der Waals surface area contributed by atoms with Gasteiger partial charge in [0.25, 0.3) is 0 Å². The average Bonchev–Trinajstić information content (AvgIpc) is 2.74. The Hall–Kier alpha value is -2.10. The molecule has 0 radical (unpaired) electrons. The van der Waals surface area contributed by atoms with E-state index in [1.165, 1.54) is 12.2 Å². The summed E-state index contributed by atoms with van der Waals surface area (Å²) < 4.78 is 10.7. The molecule has 1 spiro atoms. The zero-order valence-corrected chi connectivity index (χ0v) is 9.93. The fraction of sp³-hybridized carbons (Fsp3) is 0.286. The smallest absolute Gasteiger partial charge is 0.170 e. The van der Waals surface area contributed by atoms with Gasteiger partial charge in [-0.3, -0.25) is 9.59 Å². The molecule has 0 fully saturated rings. The summed E-state index contributed by atoms with van der Waals surface area (Å²) in [5.74, 6) is 1.20. The van der Waals surface area contributed by atoms with E-state index in [0.717, 1.165) is 5.56 Å². The minimum atomic E-state index is -0.851. The first-order valence-corrected chi connectivity index (χ1v) is 5.72. The Bertz CT molecular complexity index is 573. The maximum Gasteiger partial charge on any atom is 0.170 e. The van der Waals surface area contributed by atoms with Gasteiger partial charge in [0, 0.05) is 12.0 Å². The van der Waals surface area contributed by atoms with Gasteiger partial charge in [-0.15, -0.1) is 0 Å². The van der Waals surface area contributed by atoms with Crippen LogP contribution in [0.2, 0.25) is 0 Å². The molecule has 1 heterocycles. The van der Waals surface area contributed by atoms with Crippen molar-refractivity contribution in [3.63, 3.8) is 0 Å². The highest BCUT2D eigenvalue weighted by molar-refractivity contribution is 6.11. The maximum absolute atomic E-state index is 12.2. The van der Waals surface area contributed by atoms with E-state index in [2.05, 4.69) is 0 Å². The molecule has 1 aromatic rings. The second-order valence-electron chi connectivity index (χ2n) is 4.57. The minimum Gasteiger partial charge on any atom is -0.497 e. The minimum absolute atomic E-state index is 0.0473. The van der Waals surface area contributed by atoms with Gasteiger partial charge in [-0.1, -0.05) is 0 Å². The molecule has 4 heteroatoms. The van der Waals surface area contributed by atoms with Crippen LogP contribution in [0, 0.1) is 0 Å². The molecule has 0 saturated heterocycles. The van der Waals surface area contributed by atoms with Crippen LogP contribution in [0.15, 0.2) is 30.4 Å². The summed E-state index contributed by atoms with van der Waals surface area (Å²) in [6.45, 7) is 0.227. The number of benzene rings is 1. The van der Waals surface area contributed by atoms with Gasteiger partial charge in [-0.25, -0.2) is 0 Å². The van der Waals surface area contributed by atoms with Crippen molar-refractivity contribution in [3.05, 3.63) is 35.9 Å². The van der Waals surface area contributed by atoms with Gasteiger partial charge in [-0.2, -0.15) is 0 Å². The largest absolute Gasteiger partial charge is 0.497 e. The highest BCUT2D eigenvalue weighted by atomic mass is 16.5. The Morgan fingerprint density at radius 3 is 2.89 bits per heavy atom. The summed E-state index contributed by atoms with van der Waals surface area (Å²) in [7, 11) is 1.57.